The number of nitrogens with zero attached hydrogens (tertiary/aromatic N) is 4. The predicted octanol–water partition coefficient (Wildman–Crippen LogP) is 4.84. The van der Waals surface area contributed by atoms with Crippen molar-refractivity contribution in [3.05, 3.63) is 71.2 Å². The molecule has 0 aliphatic rings. The molecule has 0 bridgehead atoms. The highest BCUT2D eigenvalue weighted by molar-refractivity contribution is 5.81. The van der Waals surface area contributed by atoms with Gasteiger partial charge in [0, 0.05) is 0 Å². The number of hydrogen-bond donors (Lipinski definition) is 0. The molecule has 0 fully saturated rings. The lowest BCUT2D eigenvalue weighted by Gasteiger charge is -2.09. The predicted molar refractivity (Wildman–Crippen MR) is 102 cm³/mol. The molecule has 0 unspecified atom stereocenters. The largest absolute Gasteiger partial charge is 0.438 e. The molecule has 0 aliphatic carbocycles. The van der Waals surface area contributed by atoms with Crippen molar-refractivity contribution >= 4 is 11.0 Å². The molecule has 0 atom stereocenters. The third-order valence-corrected chi connectivity index (χ3v) is 4.32. The van der Waals surface area contributed by atoms with E-state index in [1.165, 1.54) is 11.9 Å². The Morgan fingerprint density at radius 1 is 0.846 bits per heavy atom. The van der Waals surface area contributed by atoms with Crippen molar-refractivity contribution in [1.82, 2.24) is 19.7 Å². The highest BCUT2D eigenvalue weighted by Crippen LogP contribution is 2.29. The van der Waals surface area contributed by atoms with Crippen LogP contribution in [0, 0.1) is 27.7 Å². The summed E-state index contributed by atoms with van der Waals surface area (Å²) < 4.78 is 7.88. The zero-order valence-electron chi connectivity index (χ0n) is 15.3. The Kier molecular flexibility index (Phi) is 3.92. The second-order valence-electron chi connectivity index (χ2n) is 6.69. The molecule has 2 aromatic carbocycles. The van der Waals surface area contributed by atoms with E-state index in [1.807, 2.05) is 30.7 Å². The normalized spacial score (nSPS) is 11.1. The molecular formula is C21H20N4O. The molecule has 0 spiro atoms. The van der Waals surface area contributed by atoms with Crippen LogP contribution in [-0.4, -0.2) is 19.7 Å². The maximum atomic E-state index is 6.05. The van der Waals surface area contributed by atoms with Crippen molar-refractivity contribution in [2.45, 2.75) is 27.7 Å². The van der Waals surface area contributed by atoms with Gasteiger partial charge in [0.2, 0.25) is 5.88 Å². The quantitative estimate of drug-likeness (QED) is 0.533. The standard InChI is InChI=1S/C21H20N4O/c1-13-5-6-19(16(4)8-13)25-20-18(11-24-25)21(23-12-22-20)26-17-9-14(2)7-15(3)10-17/h5-12H,1-4H3. The van der Waals surface area contributed by atoms with E-state index in [0.29, 0.717) is 5.88 Å². The molecule has 2 aromatic heterocycles. The molecule has 0 saturated heterocycles. The van der Waals surface area contributed by atoms with Gasteiger partial charge in [0.25, 0.3) is 0 Å². The van der Waals surface area contributed by atoms with E-state index < -0.39 is 0 Å². The lowest BCUT2D eigenvalue weighted by molar-refractivity contribution is 0.467. The Bertz CT molecular complexity index is 1090. The van der Waals surface area contributed by atoms with Crippen LogP contribution in [0.15, 0.2) is 48.9 Å². The van der Waals surface area contributed by atoms with Gasteiger partial charge < -0.3 is 4.74 Å². The minimum atomic E-state index is 0.510. The monoisotopic (exact) mass is 344 g/mol. The maximum Gasteiger partial charge on any atom is 0.233 e. The number of aromatic nitrogens is 4. The Morgan fingerprint density at radius 2 is 1.62 bits per heavy atom. The molecule has 4 aromatic rings. The number of ether oxygens (including phenoxy) is 1. The third-order valence-electron chi connectivity index (χ3n) is 4.32. The Labute approximate surface area is 152 Å². The molecule has 4 rings (SSSR count). The van der Waals surface area contributed by atoms with Gasteiger partial charge in [0.1, 0.15) is 17.5 Å². The minimum absolute atomic E-state index is 0.510. The summed E-state index contributed by atoms with van der Waals surface area (Å²) in [5, 5.41) is 5.31. The van der Waals surface area contributed by atoms with Crippen LogP contribution in [0.25, 0.3) is 16.7 Å². The molecule has 0 radical (unpaired) electrons. The van der Waals surface area contributed by atoms with Gasteiger partial charge in [0.05, 0.1) is 11.9 Å². The number of fused-ring (bicyclic) bond motifs is 1. The van der Waals surface area contributed by atoms with Gasteiger partial charge in [-0.3, -0.25) is 0 Å². The summed E-state index contributed by atoms with van der Waals surface area (Å²) in [7, 11) is 0. The molecule has 2 heterocycles. The van der Waals surface area contributed by atoms with E-state index in [-0.39, 0.29) is 0 Å². The van der Waals surface area contributed by atoms with Crippen molar-refractivity contribution in [1.29, 1.82) is 0 Å². The van der Waals surface area contributed by atoms with Gasteiger partial charge in [0.15, 0.2) is 5.65 Å². The second-order valence-corrected chi connectivity index (χ2v) is 6.69. The van der Waals surface area contributed by atoms with Crippen LogP contribution >= 0.6 is 0 Å². The molecule has 0 aliphatic heterocycles. The van der Waals surface area contributed by atoms with Gasteiger partial charge >= 0.3 is 0 Å². The van der Waals surface area contributed by atoms with Gasteiger partial charge in [-0.2, -0.15) is 5.10 Å². The van der Waals surface area contributed by atoms with Crippen LogP contribution in [0.5, 0.6) is 11.6 Å². The lowest BCUT2D eigenvalue weighted by atomic mass is 10.1. The van der Waals surface area contributed by atoms with Crippen LogP contribution < -0.4 is 4.74 Å². The van der Waals surface area contributed by atoms with E-state index in [2.05, 4.69) is 53.2 Å². The molecule has 0 amide bonds. The van der Waals surface area contributed by atoms with Crippen LogP contribution in [-0.2, 0) is 0 Å². The first-order valence-electron chi connectivity index (χ1n) is 8.54. The minimum Gasteiger partial charge on any atom is -0.438 e. The average Bonchev–Trinajstić information content (AvgIpc) is 2.99. The summed E-state index contributed by atoms with van der Waals surface area (Å²) in [4.78, 5) is 8.75. The fraction of sp³-hybridized carbons (Fsp3) is 0.190. The Balaban J connectivity index is 1.80. The molecule has 5 nitrogen and oxygen atoms in total. The van der Waals surface area contributed by atoms with Crippen molar-refractivity contribution in [2.24, 2.45) is 0 Å². The zero-order chi connectivity index (χ0) is 18.3. The van der Waals surface area contributed by atoms with Gasteiger partial charge in [-0.1, -0.05) is 23.8 Å². The van der Waals surface area contributed by atoms with E-state index >= 15 is 0 Å². The third kappa shape index (κ3) is 2.92. The maximum absolute atomic E-state index is 6.05. The molecule has 0 saturated carbocycles. The highest BCUT2D eigenvalue weighted by Gasteiger charge is 2.14. The zero-order valence-corrected chi connectivity index (χ0v) is 15.3. The Morgan fingerprint density at radius 3 is 2.35 bits per heavy atom. The second kappa shape index (κ2) is 6.26. The summed E-state index contributed by atoms with van der Waals surface area (Å²) in [5.41, 5.74) is 6.39. The van der Waals surface area contributed by atoms with Gasteiger partial charge in [-0.15, -0.1) is 0 Å². The average molecular weight is 344 g/mol. The molecule has 5 heteroatoms. The van der Waals surface area contributed by atoms with E-state index in [1.54, 1.807) is 6.20 Å². The summed E-state index contributed by atoms with van der Waals surface area (Å²) in [5.74, 6) is 1.28. The molecular weight excluding hydrogens is 324 g/mol. The van der Waals surface area contributed by atoms with Crippen molar-refractivity contribution in [3.63, 3.8) is 0 Å². The summed E-state index contributed by atoms with van der Waals surface area (Å²) in [6.07, 6.45) is 3.27. The first-order chi connectivity index (χ1) is 12.5. The summed E-state index contributed by atoms with van der Waals surface area (Å²) in [6, 6.07) is 12.4. The lowest BCUT2D eigenvalue weighted by Crippen LogP contribution is -2.01. The van der Waals surface area contributed by atoms with E-state index in [9.17, 15) is 0 Å². The van der Waals surface area contributed by atoms with Crippen molar-refractivity contribution in [3.8, 4) is 17.3 Å². The van der Waals surface area contributed by atoms with E-state index in [0.717, 1.165) is 39.2 Å². The van der Waals surface area contributed by atoms with Crippen LogP contribution in [0.2, 0.25) is 0 Å². The smallest absolute Gasteiger partial charge is 0.233 e. The fourth-order valence-corrected chi connectivity index (χ4v) is 3.23. The molecule has 26 heavy (non-hydrogen) atoms. The molecule has 0 N–H and O–H groups in total. The molecule has 130 valence electrons. The number of hydrogen-bond acceptors (Lipinski definition) is 4. The fourth-order valence-electron chi connectivity index (χ4n) is 3.23. The van der Waals surface area contributed by atoms with Crippen molar-refractivity contribution < 1.29 is 4.74 Å². The van der Waals surface area contributed by atoms with Crippen LogP contribution in [0.1, 0.15) is 22.3 Å². The van der Waals surface area contributed by atoms with Crippen molar-refractivity contribution in [2.75, 3.05) is 0 Å². The summed E-state index contributed by atoms with van der Waals surface area (Å²) >= 11 is 0. The highest BCUT2D eigenvalue weighted by atomic mass is 16.5. The number of rotatable bonds is 3. The van der Waals surface area contributed by atoms with E-state index in [4.69, 9.17) is 4.74 Å². The number of benzene rings is 2. The first-order valence-corrected chi connectivity index (χ1v) is 8.54. The first kappa shape index (κ1) is 16.3. The van der Waals surface area contributed by atoms with Gasteiger partial charge in [-0.25, -0.2) is 14.6 Å². The Hall–Kier alpha value is -3.21. The van der Waals surface area contributed by atoms with Gasteiger partial charge in [-0.05, 0) is 62.6 Å². The summed E-state index contributed by atoms with van der Waals surface area (Å²) in [6.45, 7) is 8.25. The topological polar surface area (TPSA) is 52.8 Å². The van der Waals surface area contributed by atoms with Crippen LogP contribution in [0.3, 0.4) is 0 Å². The van der Waals surface area contributed by atoms with Crippen LogP contribution in [0.4, 0.5) is 0 Å². The number of aryl methyl sites for hydroxylation is 4. The SMILES string of the molecule is Cc1cc(C)cc(Oc2ncnc3c2cnn3-c2ccc(C)cc2C)c1.